The van der Waals surface area contributed by atoms with Gasteiger partial charge in [0.2, 0.25) is 0 Å². The van der Waals surface area contributed by atoms with Crippen LogP contribution in [-0.4, -0.2) is 31.0 Å². The summed E-state index contributed by atoms with van der Waals surface area (Å²) in [4.78, 5) is 11.8. The van der Waals surface area contributed by atoms with Crippen molar-refractivity contribution in [3.63, 3.8) is 0 Å². The molecule has 0 saturated carbocycles. The zero-order chi connectivity index (χ0) is 12.8. The predicted octanol–water partition coefficient (Wildman–Crippen LogP) is 2.73. The van der Waals surface area contributed by atoms with Crippen LogP contribution in [0, 0.1) is 5.82 Å². The topological polar surface area (TPSA) is 38.3 Å². The lowest BCUT2D eigenvalue weighted by Crippen LogP contribution is -2.39. The van der Waals surface area contributed by atoms with E-state index in [9.17, 15) is 9.18 Å². The molecule has 0 spiro atoms. The highest BCUT2D eigenvalue weighted by Crippen LogP contribution is 2.16. The van der Waals surface area contributed by atoms with Crippen LogP contribution in [-0.2, 0) is 4.74 Å². The number of amides is 1. The Bertz CT molecular complexity index is 401. The summed E-state index contributed by atoms with van der Waals surface area (Å²) in [6.45, 7) is 0.416. The van der Waals surface area contributed by atoms with E-state index in [4.69, 9.17) is 4.74 Å². The van der Waals surface area contributed by atoms with Crippen LogP contribution in [0.4, 0.5) is 4.39 Å². The largest absolute Gasteiger partial charge is 0.383 e. The lowest BCUT2D eigenvalue weighted by Gasteiger charge is -2.15. The Balaban J connectivity index is 2.72. The van der Waals surface area contributed by atoms with Gasteiger partial charge in [-0.2, -0.15) is 0 Å². The minimum Gasteiger partial charge on any atom is -0.383 e. The van der Waals surface area contributed by atoms with E-state index in [1.54, 1.807) is 7.11 Å². The molecule has 0 fully saturated rings. The number of benzene rings is 1. The molecule has 1 unspecified atom stereocenters. The Morgan fingerprint density at radius 2 is 2.29 bits per heavy atom. The van der Waals surface area contributed by atoms with Gasteiger partial charge in [-0.1, -0.05) is 15.9 Å². The quantitative estimate of drug-likeness (QED) is 0.811. The third kappa shape index (κ3) is 4.37. The number of hydrogen-bond donors (Lipinski definition) is 1. The van der Waals surface area contributed by atoms with Crippen LogP contribution in [0.5, 0.6) is 0 Å². The predicted molar refractivity (Wildman–Crippen MR) is 71.0 cm³/mol. The second kappa shape index (κ2) is 7.08. The molecule has 0 aromatic heterocycles. The number of methoxy groups -OCH3 is 1. The highest BCUT2D eigenvalue weighted by molar-refractivity contribution is 9.10. The minimum absolute atomic E-state index is 0.115. The molecule has 6 heteroatoms. The van der Waals surface area contributed by atoms with Gasteiger partial charge >= 0.3 is 0 Å². The molecule has 94 valence electrons. The lowest BCUT2D eigenvalue weighted by molar-refractivity contribution is 0.0908. The molecule has 0 saturated heterocycles. The molecule has 0 aliphatic rings. The maximum Gasteiger partial charge on any atom is 0.251 e. The zero-order valence-corrected chi connectivity index (χ0v) is 12.3. The van der Waals surface area contributed by atoms with Crippen molar-refractivity contribution in [2.24, 2.45) is 0 Å². The molecular weight excluding hydrogens is 357 g/mol. The highest BCUT2D eigenvalue weighted by atomic mass is 79.9. The molecule has 0 heterocycles. The molecule has 17 heavy (non-hydrogen) atoms. The van der Waals surface area contributed by atoms with Crippen molar-refractivity contribution in [2.75, 3.05) is 19.0 Å². The molecule has 0 aliphatic carbocycles. The monoisotopic (exact) mass is 367 g/mol. The van der Waals surface area contributed by atoms with Gasteiger partial charge < -0.3 is 10.1 Å². The van der Waals surface area contributed by atoms with Crippen molar-refractivity contribution in [3.05, 3.63) is 34.1 Å². The SMILES string of the molecule is COCC(CBr)NC(=O)c1ccc(F)c(Br)c1. The normalized spacial score (nSPS) is 12.2. The van der Waals surface area contributed by atoms with Crippen LogP contribution in [0.1, 0.15) is 10.4 Å². The van der Waals surface area contributed by atoms with Gasteiger partial charge in [0.1, 0.15) is 5.82 Å². The smallest absolute Gasteiger partial charge is 0.251 e. The summed E-state index contributed by atoms with van der Waals surface area (Å²) in [6, 6.07) is 4.02. The van der Waals surface area contributed by atoms with Crippen molar-refractivity contribution in [3.8, 4) is 0 Å². The molecule has 0 aliphatic heterocycles. The Kier molecular flexibility index (Phi) is 6.08. The molecular formula is C11H12Br2FNO2. The number of rotatable bonds is 5. The van der Waals surface area contributed by atoms with Crippen molar-refractivity contribution in [1.82, 2.24) is 5.32 Å². The Morgan fingerprint density at radius 3 is 2.82 bits per heavy atom. The molecule has 0 bridgehead atoms. The summed E-state index contributed by atoms with van der Waals surface area (Å²) >= 11 is 6.32. The average molecular weight is 369 g/mol. The standard InChI is InChI=1S/C11H12Br2FNO2/c1-17-6-8(5-12)15-11(16)7-2-3-10(14)9(13)4-7/h2-4,8H,5-6H2,1H3,(H,15,16). The third-order valence-electron chi connectivity index (χ3n) is 2.07. The number of ether oxygens (including phenoxy) is 1. The first-order valence-electron chi connectivity index (χ1n) is 4.89. The number of halogens is 3. The van der Waals surface area contributed by atoms with Gasteiger partial charge in [0, 0.05) is 18.0 Å². The van der Waals surface area contributed by atoms with Crippen LogP contribution in [0.3, 0.4) is 0 Å². The molecule has 1 atom stereocenters. The van der Waals surface area contributed by atoms with Gasteiger partial charge in [0.15, 0.2) is 0 Å². The van der Waals surface area contributed by atoms with Crippen LogP contribution >= 0.6 is 31.9 Å². The van der Waals surface area contributed by atoms with Crippen LogP contribution in [0.25, 0.3) is 0 Å². The molecule has 3 nitrogen and oxygen atoms in total. The van der Waals surface area contributed by atoms with Crippen molar-refractivity contribution < 1.29 is 13.9 Å². The fourth-order valence-corrected chi connectivity index (χ4v) is 1.96. The summed E-state index contributed by atoms with van der Waals surface area (Å²) in [7, 11) is 1.57. The Morgan fingerprint density at radius 1 is 1.59 bits per heavy atom. The first kappa shape index (κ1) is 14.6. The van der Waals surface area contributed by atoms with E-state index in [0.717, 1.165) is 0 Å². The van der Waals surface area contributed by atoms with Crippen LogP contribution in [0.2, 0.25) is 0 Å². The summed E-state index contributed by atoms with van der Waals surface area (Å²) < 4.78 is 18.2. The van der Waals surface area contributed by atoms with E-state index in [1.807, 2.05) is 0 Å². The van der Waals surface area contributed by atoms with E-state index in [1.165, 1.54) is 18.2 Å². The summed E-state index contributed by atoms with van der Waals surface area (Å²) in [5.41, 5.74) is 0.403. The van der Waals surface area contributed by atoms with Crippen molar-refractivity contribution in [1.29, 1.82) is 0 Å². The fourth-order valence-electron chi connectivity index (χ4n) is 1.23. The van der Waals surface area contributed by atoms with Gasteiger partial charge in [-0.15, -0.1) is 0 Å². The van der Waals surface area contributed by atoms with Crippen molar-refractivity contribution >= 4 is 37.8 Å². The van der Waals surface area contributed by atoms with Gasteiger partial charge in [-0.05, 0) is 34.1 Å². The van der Waals surface area contributed by atoms with E-state index < -0.39 is 5.82 Å². The molecule has 1 aromatic carbocycles. The second-order valence-electron chi connectivity index (χ2n) is 3.41. The van der Waals surface area contributed by atoms with Gasteiger partial charge in [-0.3, -0.25) is 4.79 Å². The summed E-state index contributed by atoms with van der Waals surface area (Å²) in [6.07, 6.45) is 0. The third-order valence-corrected chi connectivity index (χ3v) is 3.46. The van der Waals surface area contributed by atoms with E-state index >= 15 is 0 Å². The maximum atomic E-state index is 13.0. The van der Waals surface area contributed by atoms with Gasteiger partial charge in [0.05, 0.1) is 17.1 Å². The number of alkyl halides is 1. The van der Waals surface area contributed by atoms with E-state index in [2.05, 4.69) is 37.2 Å². The minimum atomic E-state index is -0.393. The van der Waals surface area contributed by atoms with Crippen molar-refractivity contribution in [2.45, 2.75) is 6.04 Å². The Hall–Kier alpha value is -0.460. The van der Waals surface area contributed by atoms with Crippen LogP contribution < -0.4 is 5.32 Å². The van der Waals surface area contributed by atoms with Gasteiger partial charge in [0.25, 0.3) is 5.91 Å². The van der Waals surface area contributed by atoms with E-state index in [-0.39, 0.29) is 16.4 Å². The molecule has 1 N–H and O–H groups in total. The summed E-state index contributed by atoms with van der Waals surface area (Å²) in [5.74, 6) is -0.650. The van der Waals surface area contributed by atoms with Crippen LogP contribution in [0.15, 0.2) is 22.7 Å². The number of nitrogens with one attached hydrogen (secondary N) is 1. The molecule has 1 rings (SSSR count). The maximum absolute atomic E-state index is 13.0. The van der Waals surface area contributed by atoms with E-state index in [0.29, 0.717) is 17.5 Å². The lowest BCUT2D eigenvalue weighted by atomic mass is 10.2. The Labute approximate surface area is 116 Å². The molecule has 1 aromatic rings. The molecule has 1 amide bonds. The molecule has 0 radical (unpaired) electrons. The first-order valence-corrected chi connectivity index (χ1v) is 6.80. The number of carbonyl (C=O) groups excluding carboxylic acids is 1. The number of carbonyl (C=O) groups is 1. The summed E-state index contributed by atoms with van der Waals surface area (Å²) in [5, 5.41) is 3.37. The fraction of sp³-hybridized carbons (Fsp3) is 0.364. The van der Waals surface area contributed by atoms with Gasteiger partial charge in [-0.25, -0.2) is 4.39 Å². The highest BCUT2D eigenvalue weighted by Gasteiger charge is 2.13. The first-order chi connectivity index (χ1) is 8.08. The average Bonchev–Trinajstić information content (AvgIpc) is 2.31. The second-order valence-corrected chi connectivity index (χ2v) is 4.91. The zero-order valence-electron chi connectivity index (χ0n) is 9.17. The number of hydrogen-bond acceptors (Lipinski definition) is 2.